The summed E-state index contributed by atoms with van der Waals surface area (Å²) in [6, 6.07) is 4.14. The number of nitrogens with zero attached hydrogens (tertiary/aromatic N) is 2. The summed E-state index contributed by atoms with van der Waals surface area (Å²) in [6.07, 6.45) is 1.74. The van der Waals surface area contributed by atoms with Crippen LogP contribution in [0.5, 0.6) is 0 Å². The summed E-state index contributed by atoms with van der Waals surface area (Å²) in [5.41, 5.74) is -1.72. The number of thiophene rings is 1. The fraction of sp³-hybridized carbons (Fsp3) is 0.385. The lowest BCUT2D eigenvalue weighted by atomic mass is 9.95. The summed E-state index contributed by atoms with van der Waals surface area (Å²) in [7, 11) is 0. The number of amides is 1. The Morgan fingerprint density at radius 3 is 2.71 bits per heavy atom. The van der Waals surface area contributed by atoms with Gasteiger partial charge in [0.15, 0.2) is 0 Å². The summed E-state index contributed by atoms with van der Waals surface area (Å²) < 4.78 is 0. The van der Waals surface area contributed by atoms with Crippen molar-refractivity contribution in [1.29, 1.82) is 0 Å². The molecule has 0 radical (unpaired) electrons. The number of hydrogen-bond acceptors (Lipinski definition) is 5. The molecule has 0 spiro atoms. The molecule has 0 aromatic carbocycles. The van der Waals surface area contributed by atoms with Crippen LogP contribution in [-0.2, 0) is 0 Å². The first-order valence-corrected chi connectivity index (χ1v) is 7.55. The normalized spacial score (nSPS) is 16.1. The van der Waals surface area contributed by atoms with Gasteiger partial charge in [-0.15, -0.1) is 11.3 Å². The maximum Gasteiger partial charge on any atom is 0.342 e. The number of nitrogens with one attached hydrogen (secondary N) is 2. The average molecular weight is 306 g/mol. The second kappa shape index (κ2) is 5.65. The fourth-order valence-corrected chi connectivity index (χ4v) is 3.43. The van der Waals surface area contributed by atoms with Crippen LogP contribution in [0.2, 0.25) is 0 Å². The predicted molar refractivity (Wildman–Crippen MR) is 77.7 cm³/mol. The van der Waals surface area contributed by atoms with E-state index < -0.39 is 17.2 Å². The molecule has 3 rings (SSSR count). The van der Waals surface area contributed by atoms with Gasteiger partial charge in [-0.1, -0.05) is 6.07 Å². The number of likely N-dealkylation sites (tertiary alicyclic amines) is 1. The lowest BCUT2D eigenvalue weighted by Gasteiger charge is -2.31. The molecule has 1 aliphatic rings. The van der Waals surface area contributed by atoms with Gasteiger partial charge in [0.1, 0.15) is 0 Å². The minimum atomic E-state index is -0.746. The highest BCUT2D eigenvalue weighted by molar-refractivity contribution is 7.10. The van der Waals surface area contributed by atoms with Crippen molar-refractivity contribution in [3.63, 3.8) is 0 Å². The van der Waals surface area contributed by atoms with Crippen LogP contribution >= 0.6 is 11.3 Å². The maximum absolute atomic E-state index is 12.2. The summed E-state index contributed by atoms with van der Waals surface area (Å²) in [5, 5.41) is 7.69. The van der Waals surface area contributed by atoms with E-state index in [2.05, 4.69) is 21.6 Å². The third-order valence-corrected chi connectivity index (χ3v) is 4.68. The van der Waals surface area contributed by atoms with Gasteiger partial charge in [-0.05, 0) is 30.2 Å². The van der Waals surface area contributed by atoms with Gasteiger partial charge in [0.2, 0.25) is 5.69 Å². The Morgan fingerprint density at radius 2 is 2.10 bits per heavy atom. The highest BCUT2D eigenvalue weighted by Gasteiger charge is 2.27. The van der Waals surface area contributed by atoms with Crippen LogP contribution in [0.1, 0.15) is 34.1 Å². The van der Waals surface area contributed by atoms with Crippen molar-refractivity contribution < 1.29 is 4.79 Å². The van der Waals surface area contributed by atoms with Gasteiger partial charge in [-0.3, -0.25) is 14.6 Å². The molecule has 2 aromatic rings. The molecule has 1 aliphatic heterocycles. The van der Waals surface area contributed by atoms with Crippen LogP contribution in [0.4, 0.5) is 0 Å². The first kappa shape index (κ1) is 13.7. The van der Waals surface area contributed by atoms with Gasteiger partial charge in [0.25, 0.3) is 11.5 Å². The third-order valence-electron chi connectivity index (χ3n) is 3.64. The summed E-state index contributed by atoms with van der Waals surface area (Å²) in [6.45, 7) is 1.17. The van der Waals surface area contributed by atoms with E-state index in [-0.39, 0.29) is 5.69 Å². The van der Waals surface area contributed by atoms with Crippen molar-refractivity contribution in [2.24, 2.45) is 0 Å². The Labute approximate surface area is 123 Å². The van der Waals surface area contributed by atoms with Crippen LogP contribution in [-0.4, -0.2) is 39.1 Å². The SMILES string of the molecule is O=C(c1n[nH]c(=O)[nH]c1=O)N1CCC(c2cccs2)CC1. The molecule has 2 N–H and O–H groups in total. The van der Waals surface area contributed by atoms with E-state index in [1.807, 2.05) is 11.1 Å². The van der Waals surface area contributed by atoms with Crippen molar-refractivity contribution in [3.8, 4) is 0 Å². The van der Waals surface area contributed by atoms with E-state index in [0.29, 0.717) is 19.0 Å². The molecule has 0 aliphatic carbocycles. The van der Waals surface area contributed by atoms with Crippen LogP contribution in [0.15, 0.2) is 27.1 Å². The van der Waals surface area contributed by atoms with Crippen LogP contribution in [0.3, 0.4) is 0 Å². The number of H-pyrrole nitrogens is 2. The van der Waals surface area contributed by atoms with E-state index in [1.165, 1.54) is 4.88 Å². The predicted octanol–water partition coefficient (Wildman–Crippen LogP) is 0.539. The lowest BCUT2D eigenvalue weighted by Crippen LogP contribution is -2.42. The Balaban J connectivity index is 1.70. The molecule has 110 valence electrons. The number of carbonyl (C=O) groups excluding carboxylic acids is 1. The smallest absolute Gasteiger partial charge is 0.337 e. The van der Waals surface area contributed by atoms with E-state index >= 15 is 0 Å². The fourth-order valence-electron chi connectivity index (χ4n) is 2.53. The van der Waals surface area contributed by atoms with E-state index in [9.17, 15) is 14.4 Å². The van der Waals surface area contributed by atoms with Gasteiger partial charge >= 0.3 is 5.69 Å². The number of carbonyl (C=O) groups is 1. The molecule has 1 amide bonds. The molecular weight excluding hydrogens is 292 g/mol. The first-order valence-electron chi connectivity index (χ1n) is 6.67. The minimum absolute atomic E-state index is 0.260. The van der Waals surface area contributed by atoms with Crippen LogP contribution in [0.25, 0.3) is 0 Å². The number of rotatable bonds is 2. The molecule has 3 heterocycles. The molecule has 7 nitrogen and oxygen atoms in total. The zero-order chi connectivity index (χ0) is 14.8. The average Bonchev–Trinajstić information content (AvgIpc) is 3.01. The Kier molecular flexibility index (Phi) is 3.70. The minimum Gasteiger partial charge on any atom is -0.337 e. The van der Waals surface area contributed by atoms with Gasteiger partial charge < -0.3 is 4.90 Å². The third kappa shape index (κ3) is 2.80. The lowest BCUT2D eigenvalue weighted by molar-refractivity contribution is 0.0704. The van der Waals surface area contributed by atoms with Crippen LogP contribution in [0, 0.1) is 0 Å². The topological polar surface area (TPSA) is 98.9 Å². The largest absolute Gasteiger partial charge is 0.342 e. The zero-order valence-electron chi connectivity index (χ0n) is 11.2. The number of aromatic nitrogens is 3. The monoisotopic (exact) mass is 306 g/mol. The van der Waals surface area contributed by atoms with Crippen molar-refractivity contribution in [2.45, 2.75) is 18.8 Å². The molecule has 0 bridgehead atoms. The molecule has 21 heavy (non-hydrogen) atoms. The molecule has 1 saturated heterocycles. The van der Waals surface area contributed by atoms with Gasteiger partial charge in [-0.25, -0.2) is 9.89 Å². The standard InChI is InChI=1S/C13H14N4O3S/c18-11-10(15-16-13(20)14-11)12(19)17-5-3-8(4-6-17)9-2-1-7-21-9/h1-2,7-8H,3-6H2,(H2,14,16,18,20). The number of aromatic amines is 2. The summed E-state index contributed by atoms with van der Waals surface area (Å²) in [4.78, 5) is 39.7. The van der Waals surface area contributed by atoms with Crippen molar-refractivity contribution in [2.75, 3.05) is 13.1 Å². The van der Waals surface area contributed by atoms with Crippen molar-refractivity contribution >= 4 is 17.2 Å². The first-order chi connectivity index (χ1) is 10.1. The molecule has 8 heteroatoms. The van der Waals surface area contributed by atoms with Crippen molar-refractivity contribution in [1.82, 2.24) is 20.1 Å². The van der Waals surface area contributed by atoms with Gasteiger partial charge in [-0.2, -0.15) is 5.10 Å². The highest BCUT2D eigenvalue weighted by atomic mass is 32.1. The van der Waals surface area contributed by atoms with Crippen molar-refractivity contribution in [3.05, 3.63) is 48.9 Å². The van der Waals surface area contributed by atoms with E-state index in [1.54, 1.807) is 16.2 Å². The molecule has 1 fully saturated rings. The van der Waals surface area contributed by atoms with E-state index in [4.69, 9.17) is 0 Å². The molecule has 2 aromatic heterocycles. The summed E-state index contributed by atoms with van der Waals surface area (Å²) in [5.74, 6) is 0.0352. The summed E-state index contributed by atoms with van der Waals surface area (Å²) >= 11 is 1.73. The number of piperidine rings is 1. The zero-order valence-corrected chi connectivity index (χ0v) is 12.0. The second-order valence-electron chi connectivity index (χ2n) is 4.94. The van der Waals surface area contributed by atoms with E-state index in [0.717, 1.165) is 12.8 Å². The van der Waals surface area contributed by atoms with Crippen LogP contribution < -0.4 is 11.2 Å². The molecule has 0 atom stereocenters. The maximum atomic E-state index is 12.2. The quantitative estimate of drug-likeness (QED) is 0.846. The Morgan fingerprint density at radius 1 is 1.33 bits per heavy atom. The molecular formula is C13H14N4O3S. The Hall–Kier alpha value is -2.22. The second-order valence-corrected chi connectivity index (χ2v) is 5.92. The highest BCUT2D eigenvalue weighted by Crippen LogP contribution is 2.31. The van der Waals surface area contributed by atoms with Gasteiger partial charge in [0, 0.05) is 18.0 Å². The van der Waals surface area contributed by atoms with Gasteiger partial charge in [0.05, 0.1) is 0 Å². The molecule has 0 saturated carbocycles. The number of hydrogen-bond donors (Lipinski definition) is 2. The Bertz CT molecular complexity index is 741. The molecule has 0 unspecified atom stereocenters.